The summed E-state index contributed by atoms with van der Waals surface area (Å²) >= 11 is 14.9. The predicted octanol–water partition coefficient (Wildman–Crippen LogP) is 5.52. The Balaban J connectivity index is 1.93. The Morgan fingerprint density at radius 3 is 2.53 bits per heavy atom. The third-order valence-electron chi connectivity index (χ3n) is 2.52. The molecule has 3 aromatic rings. The zero-order chi connectivity index (χ0) is 13.4. The van der Waals surface area contributed by atoms with Gasteiger partial charge in [0.1, 0.15) is 4.88 Å². The quantitative estimate of drug-likeness (QED) is 0.659. The molecule has 2 aromatic heterocycles. The average Bonchev–Trinajstić information content (AvgIpc) is 2.89. The van der Waals surface area contributed by atoms with E-state index in [-0.39, 0.29) is 5.91 Å². The van der Waals surface area contributed by atoms with Crippen LogP contribution < -0.4 is 5.32 Å². The summed E-state index contributed by atoms with van der Waals surface area (Å²) in [5.41, 5.74) is 0.748. The lowest BCUT2D eigenvalue weighted by atomic mass is 10.3. The second kappa shape index (κ2) is 5.13. The second-order valence-electron chi connectivity index (χ2n) is 3.81. The highest BCUT2D eigenvalue weighted by Gasteiger charge is 2.19. The molecule has 1 amide bonds. The molecule has 1 N–H and O–H groups in total. The normalized spacial score (nSPS) is 10.8. The van der Waals surface area contributed by atoms with Crippen molar-refractivity contribution in [3.8, 4) is 0 Å². The maximum absolute atomic E-state index is 12.2. The van der Waals surface area contributed by atoms with Crippen molar-refractivity contribution < 1.29 is 4.79 Å². The first-order chi connectivity index (χ1) is 9.15. The van der Waals surface area contributed by atoms with Gasteiger partial charge in [-0.15, -0.1) is 22.7 Å². The number of hydrogen-bond acceptors (Lipinski definition) is 3. The fourth-order valence-corrected chi connectivity index (χ4v) is 4.61. The van der Waals surface area contributed by atoms with Crippen LogP contribution in [0.25, 0.3) is 9.40 Å². The molecule has 0 unspecified atom stereocenters. The molecular weight excluding hydrogens is 321 g/mol. The summed E-state index contributed by atoms with van der Waals surface area (Å²) in [5, 5.41) is 3.30. The molecule has 96 valence electrons. The van der Waals surface area contributed by atoms with Crippen molar-refractivity contribution in [3.63, 3.8) is 0 Å². The summed E-state index contributed by atoms with van der Waals surface area (Å²) in [6, 6.07) is 11.1. The minimum Gasteiger partial charge on any atom is -0.321 e. The highest BCUT2D eigenvalue weighted by atomic mass is 35.5. The highest BCUT2D eigenvalue weighted by molar-refractivity contribution is 7.31. The second-order valence-corrected chi connectivity index (χ2v) is 6.92. The van der Waals surface area contributed by atoms with Gasteiger partial charge in [0, 0.05) is 10.4 Å². The highest BCUT2D eigenvalue weighted by Crippen LogP contribution is 2.42. The summed E-state index contributed by atoms with van der Waals surface area (Å²) < 4.78 is 2.49. The number of para-hydroxylation sites is 1. The minimum absolute atomic E-state index is 0.194. The number of fused-ring (bicyclic) bond motifs is 1. The van der Waals surface area contributed by atoms with Crippen molar-refractivity contribution in [2.75, 3.05) is 5.32 Å². The molecule has 19 heavy (non-hydrogen) atoms. The number of carbonyl (C=O) groups is 1. The Bertz CT molecular complexity index is 749. The average molecular weight is 328 g/mol. The van der Waals surface area contributed by atoms with Crippen LogP contribution in [-0.2, 0) is 0 Å². The summed E-state index contributed by atoms with van der Waals surface area (Å²) in [5.74, 6) is -0.194. The van der Waals surface area contributed by atoms with E-state index in [0.29, 0.717) is 14.2 Å². The van der Waals surface area contributed by atoms with E-state index in [4.69, 9.17) is 23.2 Å². The predicted molar refractivity (Wildman–Crippen MR) is 84.1 cm³/mol. The van der Waals surface area contributed by atoms with Gasteiger partial charge < -0.3 is 5.32 Å². The van der Waals surface area contributed by atoms with Crippen molar-refractivity contribution in [1.29, 1.82) is 0 Å². The standard InChI is InChI=1S/C13H7Cl2NOS2/c14-9-6-8-11(19-9)10(15)12(18-8)13(17)16-7-4-2-1-3-5-7/h1-6H,(H,16,17). The number of halogens is 2. The van der Waals surface area contributed by atoms with Crippen LogP contribution in [0.2, 0.25) is 9.36 Å². The van der Waals surface area contributed by atoms with Crippen LogP contribution in [0.3, 0.4) is 0 Å². The van der Waals surface area contributed by atoms with Gasteiger partial charge in [0.25, 0.3) is 5.91 Å². The zero-order valence-corrected chi connectivity index (χ0v) is 12.6. The number of nitrogens with one attached hydrogen (secondary N) is 1. The molecule has 1 aromatic carbocycles. The van der Waals surface area contributed by atoms with Crippen molar-refractivity contribution in [2.24, 2.45) is 0 Å². The summed E-state index contributed by atoms with van der Waals surface area (Å²) in [4.78, 5) is 12.7. The Labute approximate surface area is 127 Å². The van der Waals surface area contributed by atoms with Crippen molar-refractivity contribution in [2.45, 2.75) is 0 Å². The topological polar surface area (TPSA) is 29.1 Å². The lowest BCUT2D eigenvalue weighted by Gasteiger charge is -2.03. The third-order valence-corrected chi connectivity index (χ3v) is 5.66. The number of benzene rings is 1. The number of rotatable bonds is 2. The van der Waals surface area contributed by atoms with Crippen LogP contribution >= 0.6 is 45.9 Å². The van der Waals surface area contributed by atoms with Gasteiger partial charge in [0.05, 0.1) is 14.1 Å². The van der Waals surface area contributed by atoms with Gasteiger partial charge in [-0.2, -0.15) is 0 Å². The van der Waals surface area contributed by atoms with E-state index in [2.05, 4.69) is 5.32 Å². The number of amides is 1. The first-order valence-corrected chi connectivity index (χ1v) is 7.78. The lowest BCUT2D eigenvalue weighted by molar-refractivity contribution is 0.103. The van der Waals surface area contributed by atoms with Gasteiger partial charge in [0.15, 0.2) is 0 Å². The van der Waals surface area contributed by atoms with E-state index in [1.807, 2.05) is 36.4 Å². The Hall–Kier alpha value is -1.07. The summed E-state index contributed by atoms with van der Waals surface area (Å²) in [6.45, 7) is 0. The van der Waals surface area contributed by atoms with Gasteiger partial charge in [-0.3, -0.25) is 4.79 Å². The maximum atomic E-state index is 12.2. The summed E-state index contributed by atoms with van der Waals surface area (Å²) in [7, 11) is 0. The molecular formula is C13H7Cl2NOS2. The molecule has 0 aliphatic heterocycles. The van der Waals surface area contributed by atoms with Crippen molar-refractivity contribution >= 4 is 66.9 Å². The molecule has 2 nitrogen and oxygen atoms in total. The molecule has 3 rings (SSSR count). The Morgan fingerprint density at radius 2 is 1.84 bits per heavy atom. The smallest absolute Gasteiger partial charge is 0.267 e. The molecule has 0 radical (unpaired) electrons. The molecule has 0 fully saturated rings. The monoisotopic (exact) mass is 327 g/mol. The largest absolute Gasteiger partial charge is 0.321 e. The molecule has 0 saturated carbocycles. The lowest BCUT2D eigenvalue weighted by Crippen LogP contribution is -2.10. The van der Waals surface area contributed by atoms with Gasteiger partial charge in [-0.25, -0.2) is 0 Å². The maximum Gasteiger partial charge on any atom is 0.267 e. The Kier molecular flexibility index (Phi) is 3.50. The van der Waals surface area contributed by atoms with E-state index in [1.165, 1.54) is 22.7 Å². The van der Waals surface area contributed by atoms with Gasteiger partial charge >= 0.3 is 0 Å². The summed E-state index contributed by atoms with van der Waals surface area (Å²) in [6.07, 6.45) is 0. The molecule has 0 bridgehead atoms. The van der Waals surface area contributed by atoms with Crippen LogP contribution in [0.1, 0.15) is 9.67 Å². The van der Waals surface area contributed by atoms with Gasteiger partial charge in [0.2, 0.25) is 0 Å². The third kappa shape index (κ3) is 2.49. The van der Waals surface area contributed by atoms with Crippen LogP contribution in [0.15, 0.2) is 36.4 Å². The van der Waals surface area contributed by atoms with Crippen LogP contribution in [0.4, 0.5) is 5.69 Å². The molecule has 0 atom stereocenters. The molecule has 2 heterocycles. The first kappa shape index (κ1) is 12.9. The number of carbonyl (C=O) groups excluding carboxylic acids is 1. The van der Waals surface area contributed by atoms with E-state index < -0.39 is 0 Å². The van der Waals surface area contributed by atoms with Gasteiger partial charge in [-0.1, -0.05) is 41.4 Å². The van der Waals surface area contributed by atoms with Crippen LogP contribution in [-0.4, -0.2) is 5.91 Å². The molecule has 6 heteroatoms. The number of hydrogen-bond donors (Lipinski definition) is 1. The Morgan fingerprint density at radius 1 is 1.11 bits per heavy atom. The molecule has 0 aliphatic carbocycles. The molecule has 0 spiro atoms. The van der Waals surface area contributed by atoms with E-state index in [9.17, 15) is 4.79 Å². The number of thiophene rings is 2. The van der Waals surface area contributed by atoms with Crippen LogP contribution in [0, 0.1) is 0 Å². The fourth-order valence-electron chi connectivity index (χ4n) is 1.69. The van der Waals surface area contributed by atoms with E-state index in [1.54, 1.807) is 0 Å². The van der Waals surface area contributed by atoms with Crippen molar-refractivity contribution in [1.82, 2.24) is 0 Å². The van der Waals surface area contributed by atoms with Crippen LogP contribution in [0.5, 0.6) is 0 Å². The van der Waals surface area contributed by atoms with E-state index in [0.717, 1.165) is 15.1 Å². The number of anilines is 1. The fraction of sp³-hybridized carbons (Fsp3) is 0. The SMILES string of the molecule is O=C(Nc1ccccc1)c1sc2cc(Cl)sc2c1Cl. The first-order valence-electron chi connectivity index (χ1n) is 5.39. The molecule has 0 saturated heterocycles. The molecule has 0 aliphatic rings. The van der Waals surface area contributed by atoms with Gasteiger partial charge in [-0.05, 0) is 18.2 Å². The van der Waals surface area contributed by atoms with E-state index >= 15 is 0 Å². The zero-order valence-electron chi connectivity index (χ0n) is 9.44. The minimum atomic E-state index is -0.194. The van der Waals surface area contributed by atoms with Crippen molar-refractivity contribution in [3.05, 3.63) is 50.6 Å².